The summed E-state index contributed by atoms with van der Waals surface area (Å²) in [5.74, 6) is -2.29. The molecule has 0 bridgehead atoms. The van der Waals surface area contributed by atoms with Gasteiger partial charge in [-0.3, -0.25) is 15.1 Å². The molecule has 0 saturated heterocycles. The van der Waals surface area contributed by atoms with Gasteiger partial charge in [-0.2, -0.15) is 0 Å². The van der Waals surface area contributed by atoms with Gasteiger partial charge in [0.15, 0.2) is 19.2 Å². The molecule has 0 unspecified atom stereocenters. The van der Waals surface area contributed by atoms with Gasteiger partial charge < -0.3 is 0 Å². The number of halogens is 3. The number of rotatable bonds is 6. The van der Waals surface area contributed by atoms with Crippen LogP contribution in [0.2, 0.25) is 0 Å². The molecule has 0 saturated carbocycles. The number of nitrogens with one attached hydrogen (secondary N) is 1. The van der Waals surface area contributed by atoms with Gasteiger partial charge in [0.25, 0.3) is 12.3 Å². The highest BCUT2D eigenvalue weighted by Gasteiger charge is 2.30. The monoisotopic (exact) mass is 441 g/mol. The van der Waals surface area contributed by atoms with Crippen molar-refractivity contribution in [3.63, 3.8) is 0 Å². The van der Waals surface area contributed by atoms with Gasteiger partial charge in [0.2, 0.25) is 0 Å². The molecule has 3 aromatic rings. The Kier molecular flexibility index (Phi) is 5.99. The van der Waals surface area contributed by atoms with Crippen LogP contribution in [0.15, 0.2) is 46.8 Å². The molecule has 0 radical (unpaired) electrons. The predicted molar refractivity (Wildman–Crippen MR) is 101 cm³/mol. The molecule has 11 heteroatoms. The zero-order valence-corrected chi connectivity index (χ0v) is 16.5. The minimum Gasteiger partial charge on any atom is -0.296 e. The normalized spacial score (nSPS) is 11.6. The van der Waals surface area contributed by atoms with Crippen molar-refractivity contribution in [1.82, 2.24) is 9.97 Å². The number of thiazole rings is 1. The summed E-state index contributed by atoms with van der Waals surface area (Å²) in [5.41, 5.74) is -0.538. The lowest BCUT2D eigenvalue weighted by molar-refractivity contribution is 0.102. The molecule has 0 aliphatic heterocycles. The van der Waals surface area contributed by atoms with E-state index in [9.17, 15) is 26.4 Å². The quantitative estimate of drug-likeness (QED) is 0.621. The van der Waals surface area contributed by atoms with Gasteiger partial charge in [-0.1, -0.05) is 29.5 Å². The second kappa shape index (κ2) is 8.29. The first kappa shape index (κ1) is 20.9. The van der Waals surface area contributed by atoms with Crippen LogP contribution < -0.4 is 5.32 Å². The Labute approximate surface area is 168 Å². The third-order valence-electron chi connectivity index (χ3n) is 3.78. The van der Waals surface area contributed by atoms with E-state index in [1.54, 1.807) is 19.1 Å². The molecular formula is C18H14F3N3O3S2. The molecule has 2 aromatic heterocycles. The molecule has 1 N–H and O–H groups in total. The molecule has 0 spiro atoms. The number of nitrogens with zero attached hydrogens (tertiary/aromatic N) is 2. The highest BCUT2D eigenvalue weighted by atomic mass is 32.2. The number of benzene rings is 1. The maximum atomic E-state index is 14.0. The van der Waals surface area contributed by atoms with Crippen molar-refractivity contribution in [2.45, 2.75) is 23.3 Å². The molecule has 2 heterocycles. The molecule has 0 aliphatic carbocycles. The van der Waals surface area contributed by atoms with Crippen LogP contribution >= 0.6 is 11.3 Å². The zero-order chi connectivity index (χ0) is 21.2. The fraction of sp³-hybridized carbons (Fsp3) is 0.167. The first-order valence-electron chi connectivity index (χ1n) is 8.16. The fourth-order valence-electron chi connectivity index (χ4n) is 2.43. The van der Waals surface area contributed by atoms with Gasteiger partial charge in [0.1, 0.15) is 17.2 Å². The number of carbonyl (C=O) groups is 1. The number of alkyl halides is 2. The smallest absolute Gasteiger partial charge is 0.282 e. The van der Waals surface area contributed by atoms with Crippen LogP contribution in [-0.2, 0) is 15.6 Å². The van der Waals surface area contributed by atoms with E-state index in [0.717, 1.165) is 6.07 Å². The summed E-state index contributed by atoms with van der Waals surface area (Å²) in [6, 6.07) is 8.51. The number of aromatic nitrogens is 2. The molecule has 152 valence electrons. The average molecular weight is 441 g/mol. The third-order valence-corrected chi connectivity index (χ3v) is 7.04. The van der Waals surface area contributed by atoms with Gasteiger partial charge in [-0.25, -0.2) is 26.6 Å². The largest absolute Gasteiger partial charge is 0.296 e. The number of aryl methyl sites for hydroxylation is 1. The first-order valence-corrected chi connectivity index (χ1v) is 10.6. The Hall–Kier alpha value is -2.79. The number of pyridine rings is 1. The molecule has 29 heavy (non-hydrogen) atoms. The SMILES string of the molecule is Cc1ccc(CS(=O)(=O)c2sc(NC(=O)c3ccccn3)nc2C(F)F)c(F)c1. The van der Waals surface area contributed by atoms with Crippen molar-refractivity contribution in [2.24, 2.45) is 0 Å². The van der Waals surface area contributed by atoms with Crippen LogP contribution in [0, 0.1) is 12.7 Å². The lowest BCUT2D eigenvalue weighted by Gasteiger charge is -2.06. The van der Waals surface area contributed by atoms with E-state index in [1.807, 2.05) is 0 Å². The second-order valence-electron chi connectivity index (χ2n) is 6.02. The summed E-state index contributed by atoms with van der Waals surface area (Å²) in [7, 11) is -4.33. The van der Waals surface area contributed by atoms with E-state index in [1.165, 1.54) is 24.4 Å². The maximum Gasteiger partial charge on any atom is 0.282 e. The van der Waals surface area contributed by atoms with Crippen LogP contribution in [0.5, 0.6) is 0 Å². The summed E-state index contributed by atoms with van der Waals surface area (Å²) in [4.78, 5) is 19.5. The molecule has 0 atom stereocenters. The Balaban J connectivity index is 1.92. The fourth-order valence-corrected chi connectivity index (χ4v) is 5.28. The molecule has 1 aromatic carbocycles. The van der Waals surface area contributed by atoms with Crippen molar-refractivity contribution >= 4 is 32.2 Å². The highest BCUT2D eigenvalue weighted by Crippen LogP contribution is 2.36. The summed E-state index contributed by atoms with van der Waals surface area (Å²) >= 11 is 0.385. The van der Waals surface area contributed by atoms with E-state index >= 15 is 0 Å². The molecule has 0 fully saturated rings. The number of amides is 1. The Bertz CT molecular complexity index is 1150. The van der Waals surface area contributed by atoms with Crippen LogP contribution in [0.4, 0.5) is 18.3 Å². The van der Waals surface area contributed by atoms with E-state index in [2.05, 4.69) is 15.3 Å². The molecule has 0 aliphatic rings. The van der Waals surface area contributed by atoms with E-state index < -0.39 is 43.6 Å². The van der Waals surface area contributed by atoms with Crippen LogP contribution in [0.1, 0.15) is 33.7 Å². The van der Waals surface area contributed by atoms with Crippen molar-refractivity contribution in [1.29, 1.82) is 0 Å². The second-order valence-corrected chi connectivity index (χ2v) is 9.20. The number of hydrogen-bond donors (Lipinski definition) is 1. The van der Waals surface area contributed by atoms with Gasteiger partial charge in [-0.15, -0.1) is 0 Å². The van der Waals surface area contributed by atoms with Gasteiger partial charge >= 0.3 is 0 Å². The summed E-state index contributed by atoms with van der Waals surface area (Å²) in [6.45, 7) is 1.63. The van der Waals surface area contributed by atoms with Gasteiger partial charge in [-0.05, 0) is 30.7 Å². The number of sulfone groups is 1. The van der Waals surface area contributed by atoms with Crippen molar-refractivity contribution in [3.05, 3.63) is 70.9 Å². The van der Waals surface area contributed by atoms with Crippen molar-refractivity contribution < 1.29 is 26.4 Å². The van der Waals surface area contributed by atoms with Crippen LogP contribution in [-0.4, -0.2) is 24.3 Å². The average Bonchev–Trinajstić information content (AvgIpc) is 3.10. The first-order chi connectivity index (χ1) is 13.7. The van der Waals surface area contributed by atoms with Crippen molar-refractivity contribution in [2.75, 3.05) is 5.32 Å². The third kappa shape index (κ3) is 4.80. The van der Waals surface area contributed by atoms with E-state index in [0.29, 0.717) is 16.9 Å². The van der Waals surface area contributed by atoms with Gasteiger partial charge in [0.05, 0.1) is 5.75 Å². The summed E-state index contributed by atoms with van der Waals surface area (Å²) in [6.07, 6.45) is -1.83. The predicted octanol–water partition coefficient (Wildman–Crippen LogP) is 4.15. The summed E-state index contributed by atoms with van der Waals surface area (Å²) < 4.78 is 65.4. The Morgan fingerprint density at radius 2 is 2.00 bits per heavy atom. The summed E-state index contributed by atoms with van der Waals surface area (Å²) in [5, 5.41) is 1.94. The minimum absolute atomic E-state index is 0.00688. The maximum absolute atomic E-state index is 14.0. The Morgan fingerprint density at radius 3 is 2.62 bits per heavy atom. The number of carbonyl (C=O) groups excluding carboxylic acids is 1. The zero-order valence-electron chi connectivity index (χ0n) is 14.9. The Morgan fingerprint density at radius 1 is 1.24 bits per heavy atom. The van der Waals surface area contributed by atoms with E-state index in [-0.39, 0.29) is 16.4 Å². The standard InChI is InChI=1S/C18H14F3N3O3S2/c1-10-5-6-11(12(19)8-10)9-29(26,27)17-14(15(20)21)23-18(28-17)24-16(25)13-4-2-3-7-22-13/h2-8,15H,9H2,1H3,(H,23,24,25). The minimum atomic E-state index is -4.33. The molecular weight excluding hydrogens is 427 g/mol. The topological polar surface area (TPSA) is 89.0 Å². The van der Waals surface area contributed by atoms with Gasteiger partial charge in [0, 0.05) is 11.8 Å². The molecule has 6 nitrogen and oxygen atoms in total. The van der Waals surface area contributed by atoms with Crippen LogP contribution in [0.3, 0.4) is 0 Å². The highest BCUT2D eigenvalue weighted by molar-refractivity contribution is 7.92. The number of hydrogen-bond acceptors (Lipinski definition) is 6. The number of anilines is 1. The molecule has 1 amide bonds. The van der Waals surface area contributed by atoms with Crippen molar-refractivity contribution in [3.8, 4) is 0 Å². The molecule has 3 rings (SSSR count). The van der Waals surface area contributed by atoms with Crippen LogP contribution in [0.25, 0.3) is 0 Å². The lowest BCUT2D eigenvalue weighted by Crippen LogP contribution is -2.13. The van der Waals surface area contributed by atoms with E-state index in [4.69, 9.17) is 0 Å². The lowest BCUT2D eigenvalue weighted by atomic mass is 10.2.